The van der Waals surface area contributed by atoms with Crippen molar-refractivity contribution in [3.05, 3.63) is 59.7 Å². The molecule has 0 saturated heterocycles. The molecule has 1 N–H and O–H groups in total. The quantitative estimate of drug-likeness (QED) is 0.589. The van der Waals surface area contributed by atoms with E-state index in [1.54, 1.807) is 19.9 Å². The summed E-state index contributed by atoms with van der Waals surface area (Å²) in [6, 6.07) is 13.8. The summed E-state index contributed by atoms with van der Waals surface area (Å²) in [6.07, 6.45) is 0. The standard InChI is InChI=1S/C23H26N2O4S/c1-5-25(6-2)30(28,29)18-11-12-21-19(13-18)20(23(26)27)14-22(24-21)17-9-7-16(8-10-17)15(3)4/h7-15H,5-6H2,1-4H3,(H,26,27). The highest BCUT2D eigenvalue weighted by atomic mass is 32.2. The van der Waals surface area contributed by atoms with Crippen LogP contribution in [0.4, 0.5) is 0 Å². The van der Waals surface area contributed by atoms with Crippen molar-refractivity contribution >= 4 is 26.9 Å². The molecular formula is C23H26N2O4S. The third kappa shape index (κ3) is 4.08. The molecule has 7 heteroatoms. The maximum absolute atomic E-state index is 12.9. The molecule has 3 rings (SSSR count). The van der Waals surface area contributed by atoms with Crippen molar-refractivity contribution in [3.8, 4) is 11.3 Å². The van der Waals surface area contributed by atoms with Crippen LogP contribution in [0.2, 0.25) is 0 Å². The van der Waals surface area contributed by atoms with Crippen LogP contribution in [0, 0.1) is 0 Å². The molecule has 2 aromatic carbocycles. The van der Waals surface area contributed by atoms with Gasteiger partial charge >= 0.3 is 5.97 Å². The lowest BCUT2D eigenvalue weighted by atomic mass is 9.99. The lowest BCUT2D eigenvalue weighted by molar-refractivity contribution is 0.0699. The Morgan fingerprint density at radius 2 is 1.67 bits per heavy atom. The van der Waals surface area contributed by atoms with Crippen molar-refractivity contribution in [2.24, 2.45) is 0 Å². The molecule has 30 heavy (non-hydrogen) atoms. The van der Waals surface area contributed by atoms with Crippen molar-refractivity contribution in [2.75, 3.05) is 13.1 Å². The summed E-state index contributed by atoms with van der Waals surface area (Å²) >= 11 is 0. The van der Waals surface area contributed by atoms with Crippen LogP contribution >= 0.6 is 0 Å². The molecule has 0 aliphatic rings. The SMILES string of the molecule is CCN(CC)S(=O)(=O)c1ccc2nc(-c3ccc(C(C)C)cc3)cc(C(=O)O)c2c1. The van der Waals surface area contributed by atoms with E-state index in [0.29, 0.717) is 35.6 Å². The Hall–Kier alpha value is -2.77. The third-order valence-electron chi connectivity index (χ3n) is 5.23. The Kier molecular flexibility index (Phi) is 6.24. The number of aromatic carboxylic acids is 1. The smallest absolute Gasteiger partial charge is 0.336 e. The molecule has 1 heterocycles. The maximum atomic E-state index is 12.9. The van der Waals surface area contributed by atoms with Crippen LogP contribution in [0.1, 0.15) is 49.5 Å². The van der Waals surface area contributed by atoms with Gasteiger partial charge in [0.25, 0.3) is 0 Å². The first-order valence-electron chi connectivity index (χ1n) is 9.97. The molecule has 158 valence electrons. The number of nitrogens with zero attached hydrogens (tertiary/aromatic N) is 2. The normalized spacial score (nSPS) is 12.1. The lowest BCUT2D eigenvalue weighted by Crippen LogP contribution is -2.30. The molecule has 0 amide bonds. The van der Waals surface area contributed by atoms with Crippen LogP contribution in [0.5, 0.6) is 0 Å². The van der Waals surface area contributed by atoms with Gasteiger partial charge in [-0.25, -0.2) is 18.2 Å². The number of pyridine rings is 1. The fraction of sp³-hybridized carbons (Fsp3) is 0.304. The first-order chi connectivity index (χ1) is 14.2. The van der Waals surface area contributed by atoms with E-state index in [9.17, 15) is 18.3 Å². The fourth-order valence-electron chi connectivity index (χ4n) is 3.44. The number of aromatic nitrogens is 1. The van der Waals surface area contributed by atoms with Gasteiger partial charge in [0.15, 0.2) is 0 Å². The number of fused-ring (bicyclic) bond motifs is 1. The average molecular weight is 427 g/mol. The average Bonchev–Trinajstić information content (AvgIpc) is 2.73. The van der Waals surface area contributed by atoms with E-state index in [4.69, 9.17) is 0 Å². The molecule has 3 aromatic rings. The predicted octanol–water partition coefficient (Wildman–Crippen LogP) is 4.75. The van der Waals surface area contributed by atoms with Crippen LogP contribution < -0.4 is 0 Å². The molecule has 0 bridgehead atoms. The second-order valence-corrected chi connectivity index (χ2v) is 9.34. The van der Waals surface area contributed by atoms with Crippen LogP contribution in [-0.2, 0) is 10.0 Å². The number of carboxylic acids is 1. The molecular weight excluding hydrogens is 400 g/mol. The van der Waals surface area contributed by atoms with E-state index < -0.39 is 16.0 Å². The van der Waals surface area contributed by atoms with Gasteiger partial charge in [0.2, 0.25) is 10.0 Å². The summed E-state index contributed by atoms with van der Waals surface area (Å²) < 4.78 is 27.0. The highest BCUT2D eigenvalue weighted by molar-refractivity contribution is 7.89. The Bertz CT molecular complexity index is 1180. The van der Waals surface area contributed by atoms with E-state index in [2.05, 4.69) is 18.8 Å². The second-order valence-electron chi connectivity index (χ2n) is 7.41. The van der Waals surface area contributed by atoms with Gasteiger partial charge in [-0.3, -0.25) is 0 Å². The summed E-state index contributed by atoms with van der Waals surface area (Å²) in [5.74, 6) is -0.732. The molecule has 0 radical (unpaired) electrons. The van der Waals surface area contributed by atoms with Gasteiger partial charge < -0.3 is 5.11 Å². The van der Waals surface area contributed by atoms with Gasteiger partial charge in [0.1, 0.15) is 0 Å². The van der Waals surface area contributed by atoms with Crippen molar-refractivity contribution in [1.82, 2.24) is 9.29 Å². The largest absolute Gasteiger partial charge is 0.478 e. The van der Waals surface area contributed by atoms with Crippen molar-refractivity contribution in [3.63, 3.8) is 0 Å². The monoisotopic (exact) mass is 426 g/mol. The molecule has 0 saturated carbocycles. The zero-order chi connectivity index (χ0) is 22.1. The summed E-state index contributed by atoms with van der Waals surface area (Å²) in [6.45, 7) is 8.43. The Morgan fingerprint density at radius 3 is 2.20 bits per heavy atom. The molecule has 6 nitrogen and oxygen atoms in total. The molecule has 0 atom stereocenters. The third-order valence-corrected chi connectivity index (χ3v) is 7.27. The Morgan fingerprint density at radius 1 is 1.03 bits per heavy atom. The number of carboxylic acid groups (broad SMARTS) is 1. The zero-order valence-electron chi connectivity index (χ0n) is 17.6. The number of sulfonamides is 1. The number of rotatable bonds is 7. The fourth-order valence-corrected chi connectivity index (χ4v) is 4.93. The molecule has 0 aliphatic carbocycles. The van der Waals surface area contributed by atoms with Crippen LogP contribution in [0.15, 0.2) is 53.4 Å². The van der Waals surface area contributed by atoms with E-state index in [1.807, 2.05) is 24.3 Å². The van der Waals surface area contributed by atoms with Gasteiger partial charge in [-0.15, -0.1) is 0 Å². The minimum Gasteiger partial charge on any atom is -0.478 e. The van der Waals surface area contributed by atoms with Crippen molar-refractivity contribution in [1.29, 1.82) is 0 Å². The van der Waals surface area contributed by atoms with Gasteiger partial charge in [0.05, 0.1) is 21.7 Å². The predicted molar refractivity (Wildman–Crippen MR) is 118 cm³/mol. The molecule has 0 fully saturated rings. The summed E-state index contributed by atoms with van der Waals surface area (Å²) in [5.41, 5.74) is 3.00. The second kappa shape index (κ2) is 8.53. The van der Waals surface area contributed by atoms with E-state index in [0.717, 1.165) is 5.56 Å². The number of hydrogen-bond acceptors (Lipinski definition) is 4. The molecule has 0 aliphatic heterocycles. The molecule has 1 aromatic heterocycles. The van der Waals surface area contributed by atoms with Gasteiger partial charge in [-0.2, -0.15) is 4.31 Å². The van der Waals surface area contributed by atoms with Crippen molar-refractivity contribution in [2.45, 2.75) is 38.5 Å². The van der Waals surface area contributed by atoms with Crippen LogP contribution in [0.3, 0.4) is 0 Å². The van der Waals surface area contributed by atoms with Gasteiger partial charge in [-0.05, 0) is 35.7 Å². The topological polar surface area (TPSA) is 87.6 Å². The van der Waals surface area contributed by atoms with Gasteiger partial charge in [0, 0.05) is 24.0 Å². The highest BCUT2D eigenvalue weighted by Crippen LogP contribution is 2.29. The molecule has 0 spiro atoms. The van der Waals surface area contributed by atoms with Crippen molar-refractivity contribution < 1.29 is 18.3 Å². The Balaban J connectivity index is 2.17. The maximum Gasteiger partial charge on any atom is 0.336 e. The highest BCUT2D eigenvalue weighted by Gasteiger charge is 2.23. The molecule has 0 unspecified atom stereocenters. The van der Waals surface area contributed by atoms with E-state index in [1.165, 1.54) is 28.1 Å². The lowest BCUT2D eigenvalue weighted by Gasteiger charge is -2.19. The van der Waals surface area contributed by atoms with Crippen LogP contribution in [0.25, 0.3) is 22.2 Å². The zero-order valence-corrected chi connectivity index (χ0v) is 18.4. The summed E-state index contributed by atoms with van der Waals surface area (Å²) in [4.78, 5) is 16.6. The first-order valence-corrected chi connectivity index (χ1v) is 11.4. The van der Waals surface area contributed by atoms with E-state index >= 15 is 0 Å². The number of hydrogen-bond donors (Lipinski definition) is 1. The minimum atomic E-state index is -3.70. The number of carbonyl (C=O) groups is 1. The van der Waals surface area contributed by atoms with Gasteiger partial charge in [-0.1, -0.05) is 52.0 Å². The van der Waals surface area contributed by atoms with E-state index in [-0.39, 0.29) is 10.5 Å². The van der Waals surface area contributed by atoms with Crippen LogP contribution in [-0.4, -0.2) is 41.9 Å². The Labute approximate surface area is 177 Å². The number of benzene rings is 2. The first kappa shape index (κ1) is 21.9. The summed E-state index contributed by atoms with van der Waals surface area (Å²) in [5, 5.41) is 10.1. The summed E-state index contributed by atoms with van der Waals surface area (Å²) in [7, 11) is -3.70. The minimum absolute atomic E-state index is 0.0273.